The third-order valence-electron chi connectivity index (χ3n) is 1.97. The highest BCUT2D eigenvalue weighted by atomic mass is 32.1. The third-order valence-corrected chi connectivity index (χ3v) is 2.92. The highest BCUT2D eigenvalue weighted by molar-refractivity contribution is 7.15. The SMILES string of the molecule is Cc1ncc(-c2ccccc2C=O)s1. The fourth-order valence-corrected chi connectivity index (χ4v) is 2.13. The number of carbonyl (C=O) groups is 1. The smallest absolute Gasteiger partial charge is 0.150 e. The monoisotopic (exact) mass is 203 g/mol. The zero-order chi connectivity index (χ0) is 9.97. The molecule has 0 unspecified atom stereocenters. The average Bonchev–Trinajstić information content (AvgIpc) is 2.65. The van der Waals surface area contributed by atoms with Crippen LogP contribution < -0.4 is 0 Å². The molecule has 0 spiro atoms. The molecule has 0 saturated heterocycles. The topological polar surface area (TPSA) is 30.0 Å². The van der Waals surface area contributed by atoms with Gasteiger partial charge in [0.2, 0.25) is 0 Å². The van der Waals surface area contributed by atoms with E-state index in [9.17, 15) is 4.79 Å². The molecule has 0 radical (unpaired) electrons. The van der Waals surface area contributed by atoms with Gasteiger partial charge >= 0.3 is 0 Å². The lowest BCUT2D eigenvalue weighted by molar-refractivity contribution is 0.112. The van der Waals surface area contributed by atoms with E-state index in [1.165, 1.54) is 0 Å². The second kappa shape index (κ2) is 3.72. The van der Waals surface area contributed by atoms with Crippen molar-refractivity contribution < 1.29 is 4.79 Å². The Morgan fingerprint density at radius 3 is 2.79 bits per heavy atom. The molecule has 14 heavy (non-hydrogen) atoms. The van der Waals surface area contributed by atoms with Crippen molar-refractivity contribution in [3.63, 3.8) is 0 Å². The van der Waals surface area contributed by atoms with Gasteiger partial charge in [-0.1, -0.05) is 24.3 Å². The van der Waals surface area contributed by atoms with Crippen molar-refractivity contribution >= 4 is 17.6 Å². The highest BCUT2D eigenvalue weighted by Gasteiger charge is 2.05. The maximum absolute atomic E-state index is 10.8. The molecule has 0 amide bonds. The lowest BCUT2D eigenvalue weighted by Crippen LogP contribution is -1.83. The summed E-state index contributed by atoms with van der Waals surface area (Å²) in [5, 5.41) is 1.01. The van der Waals surface area contributed by atoms with E-state index in [0.29, 0.717) is 0 Å². The number of aromatic nitrogens is 1. The van der Waals surface area contributed by atoms with Crippen molar-refractivity contribution in [2.24, 2.45) is 0 Å². The van der Waals surface area contributed by atoms with Gasteiger partial charge in [-0.2, -0.15) is 0 Å². The van der Waals surface area contributed by atoms with Gasteiger partial charge in [0, 0.05) is 17.3 Å². The van der Waals surface area contributed by atoms with Crippen molar-refractivity contribution in [1.82, 2.24) is 4.98 Å². The van der Waals surface area contributed by atoms with E-state index in [1.807, 2.05) is 37.4 Å². The van der Waals surface area contributed by atoms with Crippen LogP contribution in [0.1, 0.15) is 15.4 Å². The molecule has 1 aromatic carbocycles. The number of benzene rings is 1. The van der Waals surface area contributed by atoms with Crippen LogP contribution in [0.15, 0.2) is 30.5 Å². The Bertz CT molecular complexity index is 462. The van der Waals surface area contributed by atoms with Gasteiger partial charge < -0.3 is 0 Å². The first kappa shape index (κ1) is 9.09. The normalized spacial score (nSPS) is 10.1. The fraction of sp³-hybridized carbons (Fsp3) is 0.0909. The summed E-state index contributed by atoms with van der Waals surface area (Å²) in [5.41, 5.74) is 1.68. The van der Waals surface area contributed by atoms with Gasteiger partial charge in [0.1, 0.15) is 0 Å². The minimum Gasteiger partial charge on any atom is -0.298 e. The Hall–Kier alpha value is -1.48. The van der Waals surface area contributed by atoms with E-state index in [0.717, 1.165) is 27.3 Å². The van der Waals surface area contributed by atoms with Gasteiger partial charge in [-0.25, -0.2) is 4.98 Å². The van der Waals surface area contributed by atoms with Crippen molar-refractivity contribution in [1.29, 1.82) is 0 Å². The lowest BCUT2D eigenvalue weighted by atomic mass is 10.1. The Labute approximate surface area is 86.2 Å². The maximum Gasteiger partial charge on any atom is 0.150 e. The predicted octanol–water partition coefficient (Wildman–Crippen LogP) is 2.93. The van der Waals surface area contributed by atoms with Gasteiger partial charge in [-0.3, -0.25) is 4.79 Å². The molecule has 0 fully saturated rings. The molecule has 70 valence electrons. The fourth-order valence-electron chi connectivity index (χ4n) is 1.31. The van der Waals surface area contributed by atoms with E-state index in [4.69, 9.17) is 0 Å². The van der Waals surface area contributed by atoms with Crippen LogP contribution in [0.2, 0.25) is 0 Å². The average molecular weight is 203 g/mol. The molecule has 0 bridgehead atoms. The number of hydrogen-bond acceptors (Lipinski definition) is 3. The van der Waals surface area contributed by atoms with Crippen molar-refractivity contribution in [3.05, 3.63) is 41.0 Å². The molecule has 0 aliphatic heterocycles. The van der Waals surface area contributed by atoms with Crippen molar-refractivity contribution in [3.8, 4) is 10.4 Å². The van der Waals surface area contributed by atoms with Crippen LogP contribution in [0.3, 0.4) is 0 Å². The van der Waals surface area contributed by atoms with E-state index in [1.54, 1.807) is 11.3 Å². The summed E-state index contributed by atoms with van der Waals surface area (Å²) in [6.07, 6.45) is 2.69. The molecular formula is C11H9NOS. The Balaban J connectivity index is 2.55. The second-order valence-electron chi connectivity index (χ2n) is 2.95. The van der Waals surface area contributed by atoms with Crippen LogP contribution >= 0.6 is 11.3 Å². The van der Waals surface area contributed by atoms with E-state index in [2.05, 4.69) is 4.98 Å². The molecule has 1 aromatic heterocycles. The Morgan fingerprint density at radius 1 is 1.36 bits per heavy atom. The summed E-state index contributed by atoms with van der Waals surface area (Å²) in [4.78, 5) is 16.0. The minimum absolute atomic E-state index is 0.719. The quantitative estimate of drug-likeness (QED) is 0.702. The molecule has 0 saturated carbocycles. The zero-order valence-corrected chi connectivity index (χ0v) is 8.54. The molecule has 2 nitrogen and oxygen atoms in total. The van der Waals surface area contributed by atoms with Crippen molar-refractivity contribution in [2.75, 3.05) is 0 Å². The van der Waals surface area contributed by atoms with E-state index >= 15 is 0 Å². The summed E-state index contributed by atoms with van der Waals surface area (Å²) in [6.45, 7) is 1.96. The van der Waals surface area contributed by atoms with Gasteiger partial charge in [0.15, 0.2) is 6.29 Å². The van der Waals surface area contributed by atoms with Gasteiger partial charge in [0.05, 0.1) is 9.88 Å². The highest BCUT2D eigenvalue weighted by Crippen LogP contribution is 2.27. The van der Waals surface area contributed by atoms with Gasteiger partial charge in [0.25, 0.3) is 0 Å². The Kier molecular flexibility index (Phi) is 2.41. The van der Waals surface area contributed by atoms with E-state index in [-0.39, 0.29) is 0 Å². The molecule has 1 heterocycles. The second-order valence-corrected chi connectivity index (χ2v) is 4.18. The minimum atomic E-state index is 0.719. The number of thiazole rings is 1. The number of hydrogen-bond donors (Lipinski definition) is 0. The van der Waals surface area contributed by atoms with Crippen LogP contribution in [0.5, 0.6) is 0 Å². The molecule has 3 heteroatoms. The largest absolute Gasteiger partial charge is 0.298 e. The van der Waals surface area contributed by atoms with Crippen LogP contribution in [0, 0.1) is 6.92 Å². The summed E-state index contributed by atoms with van der Waals surface area (Å²) < 4.78 is 0. The first-order chi connectivity index (χ1) is 6.81. The molecular weight excluding hydrogens is 194 g/mol. The first-order valence-corrected chi connectivity index (χ1v) is 5.10. The zero-order valence-electron chi connectivity index (χ0n) is 7.73. The molecule has 2 rings (SSSR count). The van der Waals surface area contributed by atoms with Crippen LogP contribution in [0.25, 0.3) is 10.4 Å². The Morgan fingerprint density at radius 2 is 2.14 bits per heavy atom. The van der Waals surface area contributed by atoms with Crippen molar-refractivity contribution in [2.45, 2.75) is 6.92 Å². The van der Waals surface area contributed by atoms with Crippen LogP contribution in [-0.4, -0.2) is 11.3 Å². The predicted molar refractivity (Wildman–Crippen MR) is 57.7 cm³/mol. The first-order valence-electron chi connectivity index (χ1n) is 4.28. The van der Waals surface area contributed by atoms with Crippen LogP contribution in [-0.2, 0) is 0 Å². The summed E-state index contributed by atoms with van der Waals surface area (Å²) in [7, 11) is 0. The number of nitrogens with zero attached hydrogens (tertiary/aromatic N) is 1. The molecule has 2 aromatic rings. The summed E-state index contributed by atoms with van der Waals surface area (Å²) >= 11 is 1.60. The number of aryl methyl sites for hydroxylation is 1. The molecule has 0 aliphatic carbocycles. The summed E-state index contributed by atoms with van der Waals surface area (Å²) in [6, 6.07) is 7.55. The third kappa shape index (κ3) is 1.59. The molecule has 0 atom stereocenters. The number of rotatable bonds is 2. The molecule has 0 aliphatic rings. The number of carbonyl (C=O) groups excluding carboxylic acids is 1. The summed E-state index contributed by atoms with van der Waals surface area (Å²) in [5.74, 6) is 0. The number of aldehydes is 1. The standard InChI is InChI=1S/C11H9NOS/c1-8-12-6-11(14-8)10-5-3-2-4-9(10)7-13/h2-7H,1H3. The maximum atomic E-state index is 10.8. The van der Waals surface area contributed by atoms with Crippen LogP contribution in [0.4, 0.5) is 0 Å². The van der Waals surface area contributed by atoms with Gasteiger partial charge in [-0.05, 0) is 6.92 Å². The van der Waals surface area contributed by atoms with Gasteiger partial charge in [-0.15, -0.1) is 11.3 Å². The van der Waals surface area contributed by atoms with E-state index < -0.39 is 0 Å². The lowest BCUT2D eigenvalue weighted by Gasteiger charge is -1.99. The molecule has 0 N–H and O–H groups in total.